The van der Waals surface area contributed by atoms with Crippen LogP contribution < -0.4 is 5.32 Å². The van der Waals surface area contributed by atoms with Gasteiger partial charge in [0.2, 0.25) is 7.85 Å². The van der Waals surface area contributed by atoms with Crippen molar-refractivity contribution in [3.05, 3.63) is 35.9 Å². The number of carbonyl (C=O) groups is 2. The molecule has 0 aliphatic heterocycles. The molecule has 0 aromatic heterocycles. The summed E-state index contributed by atoms with van der Waals surface area (Å²) >= 11 is 0. The van der Waals surface area contributed by atoms with Crippen LogP contribution in [0.3, 0.4) is 0 Å². The highest BCUT2D eigenvalue weighted by Gasteiger charge is 2.20. The molecule has 112 valence electrons. The van der Waals surface area contributed by atoms with Gasteiger partial charge in [0.15, 0.2) is 5.81 Å². The monoisotopic (exact) mass is 309 g/mol. The molecule has 1 rings (SSSR count). The average Bonchev–Trinajstić information content (AvgIpc) is 2.34. The Hall–Kier alpha value is -1.83. The van der Waals surface area contributed by atoms with Crippen molar-refractivity contribution in [1.82, 2.24) is 5.32 Å². The molecule has 0 saturated carbocycles. The molecule has 0 aliphatic rings. The number of sulfone groups is 1. The quantitative estimate of drug-likeness (QED) is 0.582. The Labute approximate surface area is 125 Å². The van der Waals surface area contributed by atoms with Gasteiger partial charge in [-0.3, -0.25) is 9.59 Å². The standard InChI is InChI=1S/C13H16BNO5S/c1-21(18,19)9-11(15-13(14)17)7-12(16)20-8-10-5-3-2-4-6-10/h2-6,11H,7-9H2,1H3,(H,15,17). The maximum atomic E-state index is 11.7. The fourth-order valence-corrected chi connectivity index (χ4v) is 2.65. The van der Waals surface area contributed by atoms with E-state index in [0.29, 0.717) is 0 Å². The number of rotatable bonds is 7. The van der Waals surface area contributed by atoms with Gasteiger partial charge in [0.05, 0.1) is 18.2 Å². The van der Waals surface area contributed by atoms with Gasteiger partial charge in [0.1, 0.15) is 16.4 Å². The van der Waals surface area contributed by atoms with Crippen molar-refractivity contribution in [3.63, 3.8) is 0 Å². The summed E-state index contributed by atoms with van der Waals surface area (Å²) in [5.41, 5.74) is 0.813. The van der Waals surface area contributed by atoms with Crippen LogP contribution in [0.1, 0.15) is 12.0 Å². The summed E-state index contributed by atoms with van der Waals surface area (Å²) in [5, 5.41) is 2.22. The fraction of sp³-hybridized carbons (Fsp3) is 0.385. The Morgan fingerprint density at radius 2 is 1.90 bits per heavy atom. The fourth-order valence-electron chi connectivity index (χ4n) is 1.72. The highest BCUT2D eigenvalue weighted by molar-refractivity contribution is 7.90. The zero-order valence-electron chi connectivity index (χ0n) is 11.6. The highest BCUT2D eigenvalue weighted by Crippen LogP contribution is 2.04. The third-order valence-corrected chi connectivity index (χ3v) is 3.51. The van der Waals surface area contributed by atoms with Gasteiger partial charge in [0.25, 0.3) is 0 Å². The van der Waals surface area contributed by atoms with Gasteiger partial charge in [-0.1, -0.05) is 30.3 Å². The van der Waals surface area contributed by atoms with E-state index in [0.717, 1.165) is 11.8 Å². The maximum absolute atomic E-state index is 11.7. The molecule has 1 N–H and O–H groups in total. The lowest BCUT2D eigenvalue weighted by Crippen LogP contribution is -2.40. The van der Waals surface area contributed by atoms with Crippen LogP contribution in [0, 0.1) is 0 Å². The molecule has 1 aromatic rings. The van der Waals surface area contributed by atoms with Gasteiger partial charge >= 0.3 is 5.97 Å². The molecule has 21 heavy (non-hydrogen) atoms. The first kappa shape index (κ1) is 17.2. The van der Waals surface area contributed by atoms with Crippen LogP contribution in [-0.2, 0) is 26.0 Å². The molecule has 8 heteroatoms. The number of amides is 1. The second-order valence-corrected chi connectivity index (χ2v) is 6.83. The number of carbonyl (C=O) groups excluding carboxylic acids is 2. The van der Waals surface area contributed by atoms with Crippen molar-refractivity contribution in [1.29, 1.82) is 0 Å². The maximum Gasteiger partial charge on any atom is 0.308 e. The van der Waals surface area contributed by atoms with Crippen LogP contribution in [-0.4, -0.2) is 46.1 Å². The lowest BCUT2D eigenvalue weighted by atomic mass is 10.1. The Morgan fingerprint density at radius 3 is 2.43 bits per heavy atom. The lowest BCUT2D eigenvalue weighted by molar-refractivity contribution is -0.145. The summed E-state index contributed by atoms with van der Waals surface area (Å²) in [4.78, 5) is 22.5. The van der Waals surface area contributed by atoms with E-state index in [9.17, 15) is 18.0 Å². The topological polar surface area (TPSA) is 89.5 Å². The first-order valence-corrected chi connectivity index (χ1v) is 8.25. The van der Waals surface area contributed by atoms with Crippen molar-refractivity contribution in [2.24, 2.45) is 0 Å². The number of hydrogen-bond acceptors (Lipinski definition) is 5. The van der Waals surface area contributed by atoms with Crippen LogP contribution in [0.15, 0.2) is 30.3 Å². The Morgan fingerprint density at radius 1 is 1.29 bits per heavy atom. The molecular weight excluding hydrogens is 293 g/mol. The van der Waals surface area contributed by atoms with E-state index >= 15 is 0 Å². The van der Waals surface area contributed by atoms with Crippen molar-refractivity contribution in [2.75, 3.05) is 12.0 Å². The first-order valence-electron chi connectivity index (χ1n) is 6.19. The van der Waals surface area contributed by atoms with E-state index in [2.05, 4.69) is 5.32 Å². The van der Waals surface area contributed by atoms with Crippen molar-refractivity contribution in [3.8, 4) is 0 Å². The van der Waals surface area contributed by atoms with E-state index in [1.54, 1.807) is 12.1 Å². The molecule has 2 radical (unpaired) electrons. The van der Waals surface area contributed by atoms with Crippen molar-refractivity contribution < 1.29 is 22.7 Å². The Balaban J connectivity index is 2.53. The minimum atomic E-state index is -3.36. The molecule has 1 atom stereocenters. The van der Waals surface area contributed by atoms with Gasteiger partial charge in [-0.25, -0.2) is 8.42 Å². The summed E-state index contributed by atoms with van der Waals surface area (Å²) in [6, 6.07) is 8.14. The van der Waals surface area contributed by atoms with E-state index < -0.39 is 27.7 Å². The number of nitrogens with one attached hydrogen (secondary N) is 1. The molecule has 1 unspecified atom stereocenters. The van der Waals surface area contributed by atoms with E-state index in [1.165, 1.54) is 0 Å². The van der Waals surface area contributed by atoms with Gasteiger partial charge < -0.3 is 10.1 Å². The van der Waals surface area contributed by atoms with Gasteiger partial charge in [-0.05, 0) is 5.56 Å². The van der Waals surface area contributed by atoms with Crippen molar-refractivity contribution >= 4 is 29.5 Å². The summed E-state index contributed by atoms with van der Waals surface area (Å²) in [6.07, 6.45) is 0.751. The summed E-state index contributed by atoms with van der Waals surface area (Å²) in [6.45, 7) is 0.0852. The zero-order chi connectivity index (χ0) is 15.9. The van der Waals surface area contributed by atoms with Crippen LogP contribution in [0.4, 0.5) is 4.79 Å². The SMILES string of the molecule is [B]C(=O)NC(CC(=O)OCc1ccccc1)CS(C)(=O)=O. The molecular formula is C13H16BNO5S. The van der Waals surface area contributed by atoms with Crippen LogP contribution in [0.25, 0.3) is 0 Å². The third-order valence-electron chi connectivity index (χ3n) is 2.51. The minimum Gasteiger partial charge on any atom is -0.461 e. The molecule has 6 nitrogen and oxygen atoms in total. The molecule has 0 spiro atoms. The Bertz CT molecular complexity index is 588. The molecule has 1 aromatic carbocycles. The second-order valence-electron chi connectivity index (χ2n) is 4.65. The van der Waals surface area contributed by atoms with Gasteiger partial charge in [0, 0.05) is 6.26 Å². The number of esters is 1. The van der Waals surface area contributed by atoms with E-state index in [4.69, 9.17) is 12.6 Å². The molecule has 0 heterocycles. The largest absolute Gasteiger partial charge is 0.461 e. The van der Waals surface area contributed by atoms with Gasteiger partial charge in [-0.2, -0.15) is 0 Å². The predicted octanol–water partition coefficient (Wildman–Crippen LogP) is 0.411. The molecule has 0 fully saturated rings. The van der Waals surface area contributed by atoms with E-state index in [-0.39, 0.29) is 18.8 Å². The molecule has 0 saturated heterocycles. The number of ether oxygens (including phenoxy) is 1. The van der Waals surface area contributed by atoms with E-state index in [1.807, 2.05) is 18.2 Å². The second kappa shape index (κ2) is 7.83. The molecule has 1 amide bonds. The predicted molar refractivity (Wildman–Crippen MR) is 78.6 cm³/mol. The third kappa shape index (κ3) is 8.14. The number of benzene rings is 1. The highest BCUT2D eigenvalue weighted by atomic mass is 32.2. The summed E-state index contributed by atoms with van der Waals surface area (Å²) in [5.74, 6) is -1.88. The van der Waals surface area contributed by atoms with Crippen molar-refractivity contribution in [2.45, 2.75) is 19.1 Å². The average molecular weight is 309 g/mol. The van der Waals surface area contributed by atoms with Crippen LogP contribution in [0.5, 0.6) is 0 Å². The lowest BCUT2D eigenvalue weighted by Gasteiger charge is -2.16. The zero-order valence-corrected chi connectivity index (χ0v) is 12.4. The smallest absolute Gasteiger partial charge is 0.308 e. The molecule has 0 aliphatic carbocycles. The summed E-state index contributed by atoms with van der Waals surface area (Å²) in [7, 11) is 1.60. The van der Waals surface area contributed by atoms with Crippen LogP contribution in [0.2, 0.25) is 0 Å². The number of hydrogen-bond donors (Lipinski definition) is 1. The Kier molecular flexibility index (Phi) is 6.42. The first-order chi connectivity index (χ1) is 9.76. The summed E-state index contributed by atoms with van der Waals surface area (Å²) < 4.78 is 27.5. The minimum absolute atomic E-state index is 0.0852. The van der Waals surface area contributed by atoms with Gasteiger partial charge in [-0.15, -0.1) is 0 Å². The normalized spacial score (nSPS) is 12.4. The van der Waals surface area contributed by atoms with Crippen LogP contribution >= 0.6 is 0 Å². The molecule has 0 bridgehead atoms.